The van der Waals surface area contributed by atoms with Crippen LogP contribution in [0.15, 0.2) is 0 Å². The van der Waals surface area contributed by atoms with Gasteiger partial charge in [-0.2, -0.15) is 0 Å². The Morgan fingerprint density at radius 2 is 1.94 bits per heavy atom. The number of urea groups is 1. The minimum Gasteiger partial charge on any atom is -0.329 e. The van der Waals surface area contributed by atoms with Crippen LogP contribution in [0.2, 0.25) is 0 Å². The van der Waals surface area contributed by atoms with E-state index in [1.165, 1.54) is 0 Å². The van der Waals surface area contributed by atoms with Crippen LogP contribution in [0, 0.1) is 5.92 Å². The van der Waals surface area contributed by atoms with Crippen molar-refractivity contribution in [2.24, 2.45) is 5.92 Å². The molecule has 3 heterocycles. The van der Waals surface area contributed by atoms with Gasteiger partial charge in [0.25, 0.3) is 5.91 Å². The first-order valence-corrected chi connectivity index (χ1v) is 12.8. The number of carbonyl (C=O) groups is 3. The van der Waals surface area contributed by atoms with E-state index >= 15 is 0 Å². The van der Waals surface area contributed by atoms with Gasteiger partial charge in [0.2, 0.25) is 5.91 Å². The van der Waals surface area contributed by atoms with Crippen LogP contribution in [0.4, 0.5) is 4.79 Å². The van der Waals surface area contributed by atoms with Crippen molar-refractivity contribution in [3.05, 3.63) is 0 Å². The lowest BCUT2D eigenvalue weighted by atomic mass is 9.84. The monoisotopic (exact) mass is 467 g/mol. The fourth-order valence-electron chi connectivity index (χ4n) is 5.76. The van der Waals surface area contributed by atoms with E-state index in [0.717, 1.165) is 51.5 Å². The van der Waals surface area contributed by atoms with Gasteiger partial charge in [0, 0.05) is 24.5 Å². The lowest BCUT2D eigenvalue weighted by molar-refractivity contribution is -0.167. The maximum atomic E-state index is 13.7. The lowest BCUT2D eigenvalue weighted by Gasteiger charge is -2.49. The number of piperazine rings is 1. The van der Waals surface area contributed by atoms with Crippen molar-refractivity contribution in [2.45, 2.75) is 88.3 Å². The molecule has 0 radical (unpaired) electrons. The van der Waals surface area contributed by atoms with Crippen LogP contribution in [0.1, 0.15) is 65.2 Å². The van der Waals surface area contributed by atoms with Crippen molar-refractivity contribution in [1.29, 1.82) is 0 Å². The van der Waals surface area contributed by atoms with Crippen LogP contribution in [0.3, 0.4) is 0 Å². The number of nitrogens with one attached hydrogen (secondary N) is 2. The zero-order valence-electron chi connectivity index (χ0n) is 19.4. The standard InChI is InChI=1S/C23H38ClN5O3/c1-16(2)28-14-20(30)29(13-17-6-8-18(24)9-7-17)23(21(28)31)10-12-27(15-23)22(32)26-19-5-3-4-11-25-19/h16-19,25H,3-15H2,1-2H3,(H,26,32). The van der Waals surface area contributed by atoms with E-state index < -0.39 is 5.54 Å². The number of alkyl halides is 1. The Hall–Kier alpha value is -1.54. The molecule has 9 heteroatoms. The summed E-state index contributed by atoms with van der Waals surface area (Å²) in [7, 11) is 0. The fraction of sp³-hybridized carbons (Fsp3) is 0.870. The summed E-state index contributed by atoms with van der Waals surface area (Å²) in [4.78, 5) is 45.3. The highest BCUT2D eigenvalue weighted by atomic mass is 35.5. The van der Waals surface area contributed by atoms with Gasteiger partial charge in [-0.15, -0.1) is 11.6 Å². The second-order valence-electron chi connectivity index (χ2n) is 10.3. The van der Waals surface area contributed by atoms with Crippen LogP contribution >= 0.6 is 11.6 Å². The molecule has 3 saturated heterocycles. The molecule has 4 fully saturated rings. The second-order valence-corrected chi connectivity index (χ2v) is 10.9. The van der Waals surface area contributed by atoms with Gasteiger partial charge in [-0.1, -0.05) is 0 Å². The third-order valence-corrected chi connectivity index (χ3v) is 8.20. The zero-order valence-corrected chi connectivity index (χ0v) is 20.2. The van der Waals surface area contributed by atoms with E-state index in [2.05, 4.69) is 10.6 Å². The van der Waals surface area contributed by atoms with Gasteiger partial charge in [0.05, 0.1) is 12.7 Å². The molecule has 0 aromatic rings. The number of amides is 4. The van der Waals surface area contributed by atoms with Gasteiger partial charge in [0.1, 0.15) is 12.1 Å². The maximum absolute atomic E-state index is 13.7. The molecule has 0 aromatic heterocycles. The predicted octanol–water partition coefficient (Wildman–Crippen LogP) is 2.12. The highest BCUT2D eigenvalue weighted by Crippen LogP contribution is 2.37. The first kappa shape index (κ1) is 23.6. The molecule has 4 amide bonds. The first-order valence-electron chi connectivity index (χ1n) is 12.3. The van der Waals surface area contributed by atoms with E-state index in [0.29, 0.717) is 25.4 Å². The average Bonchev–Trinajstić information content (AvgIpc) is 3.22. The third kappa shape index (κ3) is 4.72. The maximum Gasteiger partial charge on any atom is 0.318 e. The second kappa shape index (κ2) is 9.75. The summed E-state index contributed by atoms with van der Waals surface area (Å²) >= 11 is 6.29. The molecule has 0 aromatic carbocycles. The van der Waals surface area contributed by atoms with Crippen molar-refractivity contribution in [1.82, 2.24) is 25.3 Å². The summed E-state index contributed by atoms with van der Waals surface area (Å²) in [6.07, 6.45) is 7.48. The Balaban J connectivity index is 1.51. The summed E-state index contributed by atoms with van der Waals surface area (Å²) in [5.74, 6) is 0.352. The molecule has 32 heavy (non-hydrogen) atoms. The van der Waals surface area contributed by atoms with Gasteiger partial charge in [-0.05, 0) is 77.7 Å². The normalized spacial score (nSPS) is 34.0. The van der Waals surface area contributed by atoms with E-state index in [-0.39, 0.29) is 48.5 Å². The number of halogens is 1. The SMILES string of the molecule is CC(C)N1CC(=O)N(CC2CCC(Cl)CC2)C2(CCN(C(=O)NC3CCCCN3)C2)C1=O. The highest BCUT2D eigenvalue weighted by Gasteiger charge is 2.57. The van der Waals surface area contributed by atoms with Crippen LogP contribution in [-0.4, -0.2) is 88.4 Å². The summed E-state index contributed by atoms with van der Waals surface area (Å²) in [6.45, 7) is 6.26. The van der Waals surface area contributed by atoms with E-state index in [4.69, 9.17) is 11.6 Å². The van der Waals surface area contributed by atoms with Gasteiger partial charge in [0.15, 0.2) is 0 Å². The summed E-state index contributed by atoms with van der Waals surface area (Å²) in [6, 6.07) is -0.197. The van der Waals surface area contributed by atoms with Gasteiger partial charge < -0.3 is 20.0 Å². The Bertz CT molecular complexity index is 720. The van der Waals surface area contributed by atoms with E-state index in [9.17, 15) is 14.4 Å². The topological polar surface area (TPSA) is 85.0 Å². The molecular weight excluding hydrogens is 430 g/mol. The molecule has 2 atom stereocenters. The number of hydrogen-bond acceptors (Lipinski definition) is 4. The number of hydrogen-bond donors (Lipinski definition) is 2. The van der Waals surface area contributed by atoms with E-state index in [1.807, 2.05) is 18.7 Å². The molecule has 2 N–H and O–H groups in total. The molecule has 0 bridgehead atoms. The largest absolute Gasteiger partial charge is 0.329 e. The van der Waals surface area contributed by atoms with Crippen molar-refractivity contribution >= 4 is 29.4 Å². The Morgan fingerprint density at radius 3 is 2.59 bits per heavy atom. The van der Waals surface area contributed by atoms with Gasteiger partial charge in [-0.25, -0.2) is 4.79 Å². The van der Waals surface area contributed by atoms with Crippen LogP contribution in [0.25, 0.3) is 0 Å². The molecule has 180 valence electrons. The van der Waals surface area contributed by atoms with Crippen LogP contribution < -0.4 is 10.6 Å². The van der Waals surface area contributed by atoms with Crippen molar-refractivity contribution in [2.75, 3.05) is 32.7 Å². The number of nitrogens with zero attached hydrogens (tertiary/aromatic N) is 3. The lowest BCUT2D eigenvalue weighted by Crippen LogP contribution is -2.71. The fourth-order valence-corrected chi connectivity index (χ4v) is 6.01. The molecule has 4 rings (SSSR count). The van der Waals surface area contributed by atoms with Crippen molar-refractivity contribution in [3.63, 3.8) is 0 Å². The molecule has 8 nitrogen and oxygen atoms in total. The Kier molecular flexibility index (Phi) is 7.20. The number of rotatable bonds is 4. The smallest absolute Gasteiger partial charge is 0.318 e. The number of piperidine rings is 1. The van der Waals surface area contributed by atoms with Crippen LogP contribution in [-0.2, 0) is 9.59 Å². The van der Waals surface area contributed by atoms with Gasteiger partial charge in [-0.3, -0.25) is 14.9 Å². The molecule has 1 saturated carbocycles. The molecule has 3 aliphatic heterocycles. The quantitative estimate of drug-likeness (QED) is 0.620. The molecule has 4 aliphatic rings. The minimum absolute atomic E-state index is 0.00232. The first-order chi connectivity index (χ1) is 15.3. The molecular formula is C23H38ClN5O3. The Morgan fingerprint density at radius 1 is 1.19 bits per heavy atom. The Labute approximate surface area is 196 Å². The molecule has 2 unspecified atom stereocenters. The average molecular weight is 468 g/mol. The number of likely N-dealkylation sites (tertiary alicyclic amines) is 1. The third-order valence-electron chi connectivity index (χ3n) is 7.77. The summed E-state index contributed by atoms with van der Waals surface area (Å²) in [5.41, 5.74) is -0.950. The van der Waals surface area contributed by atoms with E-state index in [1.54, 1.807) is 9.80 Å². The summed E-state index contributed by atoms with van der Waals surface area (Å²) in [5, 5.41) is 6.63. The zero-order chi connectivity index (χ0) is 22.9. The van der Waals surface area contributed by atoms with Crippen molar-refractivity contribution in [3.8, 4) is 0 Å². The summed E-state index contributed by atoms with van der Waals surface area (Å²) < 4.78 is 0. The van der Waals surface area contributed by atoms with Crippen molar-refractivity contribution < 1.29 is 14.4 Å². The van der Waals surface area contributed by atoms with Gasteiger partial charge >= 0.3 is 6.03 Å². The highest BCUT2D eigenvalue weighted by molar-refractivity contribution is 6.20. The molecule has 1 aliphatic carbocycles. The minimum atomic E-state index is -0.950. The predicted molar refractivity (Wildman–Crippen MR) is 123 cm³/mol. The number of carbonyl (C=O) groups excluding carboxylic acids is 3. The van der Waals surface area contributed by atoms with Crippen LogP contribution in [0.5, 0.6) is 0 Å². The molecule has 1 spiro atoms.